The number of hydrogen-bond acceptors (Lipinski definition) is 4. The molecule has 0 fully saturated rings. The van der Waals surface area contributed by atoms with Gasteiger partial charge in [-0.1, -0.05) is 18.2 Å². The first kappa shape index (κ1) is 24.2. The fraction of sp³-hybridized carbons (Fsp3) is 0.429. The zero-order chi connectivity index (χ0) is 19.5. The molecular weight excluding hydrogens is 465 g/mol. The van der Waals surface area contributed by atoms with Crippen molar-refractivity contribution < 1.29 is 4.74 Å². The van der Waals surface area contributed by atoms with Crippen LogP contribution in [0, 0.1) is 0 Å². The van der Waals surface area contributed by atoms with E-state index in [0.717, 1.165) is 36.9 Å². The minimum Gasteiger partial charge on any atom is -0.497 e. The first-order chi connectivity index (χ1) is 13.1. The van der Waals surface area contributed by atoms with Gasteiger partial charge in [0.15, 0.2) is 5.96 Å². The standard InChI is InChI=1S/C21H31N5O.HI/c1-5-22-21(24-15-13-18-8-6-7-14-23-18)25-16-20(26(2)3)17-9-11-19(27-4)12-10-17;/h6-12,14,20H,5,13,15-16H2,1-4H3,(H2,22,24,25);1H. The van der Waals surface area contributed by atoms with Crippen LogP contribution in [0.5, 0.6) is 5.75 Å². The van der Waals surface area contributed by atoms with E-state index in [1.54, 1.807) is 7.11 Å². The molecule has 2 aromatic rings. The van der Waals surface area contributed by atoms with Gasteiger partial charge in [0, 0.05) is 31.4 Å². The number of rotatable bonds is 9. The molecule has 0 aliphatic carbocycles. The molecule has 0 bridgehead atoms. The third-order valence-electron chi connectivity index (χ3n) is 4.29. The van der Waals surface area contributed by atoms with Gasteiger partial charge in [-0.3, -0.25) is 9.98 Å². The average Bonchev–Trinajstić information content (AvgIpc) is 2.69. The van der Waals surface area contributed by atoms with Gasteiger partial charge in [-0.15, -0.1) is 24.0 Å². The molecule has 1 aromatic heterocycles. The van der Waals surface area contributed by atoms with Crippen LogP contribution < -0.4 is 15.4 Å². The molecular formula is C21H32IN5O. The van der Waals surface area contributed by atoms with Crippen LogP contribution in [0.25, 0.3) is 0 Å². The van der Waals surface area contributed by atoms with Crippen LogP contribution in [0.15, 0.2) is 53.7 Å². The van der Waals surface area contributed by atoms with Crippen molar-refractivity contribution >= 4 is 29.9 Å². The molecule has 0 saturated carbocycles. The Morgan fingerprint density at radius 2 is 1.89 bits per heavy atom. The van der Waals surface area contributed by atoms with E-state index in [1.807, 2.05) is 36.5 Å². The SMILES string of the molecule is CCNC(=NCC(c1ccc(OC)cc1)N(C)C)NCCc1ccccn1.I. The number of methoxy groups -OCH3 is 1. The molecule has 1 heterocycles. The maximum atomic E-state index is 5.25. The van der Waals surface area contributed by atoms with Crippen molar-refractivity contribution in [3.63, 3.8) is 0 Å². The summed E-state index contributed by atoms with van der Waals surface area (Å²) in [6, 6.07) is 14.4. The zero-order valence-electron chi connectivity index (χ0n) is 17.2. The van der Waals surface area contributed by atoms with E-state index in [0.29, 0.717) is 6.54 Å². The predicted octanol–water partition coefficient (Wildman–Crippen LogP) is 3.11. The molecule has 0 spiro atoms. The summed E-state index contributed by atoms with van der Waals surface area (Å²) in [7, 11) is 5.83. The average molecular weight is 497 g/mol. The van der Waals surface area contributed by atoms with Crippen molar-refractivity contribution in [1.82, 2.24) is 20.5 Å². The zero-order valence-corrected chi connectivity index (χ0v) is 19.5. The summed E-state index contributed by atoms with van der Waals surface area (Å²) in [5, 5.41) is 6.71. The van der Waals surface area contributed by atoms with Crippen molar-refractivity contribution in [2.75, 3.05) is 40.8 Å². The van der Waals surface area contributed by atoms with E-state index in [4.69, 9.17) is 9.73 Å². The van der Waals surface area contributed by atoms with Crippen LogP contribution in [0.1, 0.15) is 24.2 Å². The van der Waals surface area contributed by atoms with Crippen LogP contribution in [0.2, 0.25) is 0 Å². The lowest BCUT2D eigenvalue weighted by atomic mass is 10.1. The third-order valence-corrected chi connectivity index (χ3v) is 4.29. The second-order valence-corrected chi connectivity index (χ2v) is 6.47. The van der Waals surface area contributed by atoms with Gasteiger partial charge in [-0.2, -0.15) is 0 Å². The lowest BCUT2D eigenvalue weighted by molar-refractivity contribution is 0.306. The molecule has 0 saturated heterocycles. The number of halogens is 1. The fourth-order valence-electron chi connectivity index (χ4n) is 2.77. The maximum Gasteiger partial charge on any atom is 0.191 e. The highest BCUT2D eigenvalue weighted by molar-refractivity contribution is 14.0. The second kappa shape index (κ2) is 13.3. The van der Waals surface area contributed by atoms with Crippen LogP contribution in [-0.2, 0) is 6.42 Å². The number of guanidine groups is 1. The molecule has 7 heteroatoms. The summed E-state index contributed by atoms with van der Waals surface area (Å²) in [5.41, 5.74) is 2.29. The highest BCUT2D eigenvalue weighted by Gasteiger charge is 2.14. The van der Waals surface area contributed by atoms with E-state index in [1.165, 1.54) is 5.56 Å². The predicted molar refractivity (Wildman–Crippen MR) is 127 cm³/mol. The second-order valence-electron chi connectivity index (χ2n) is 6.47. The molecule has 0 aliphatic heterocycles. The first-order valence-corrected chi connectivity index (χ1v) is 9.36. The molecule has 154 valence electrons. The maximum absolute atomic E-state index is 5.25. The van der Waals surface area contributed by atoms with Crippen molar-refractivity contribution in [2.24, 2.45) is 4.99 Å². The minimum absolute atomic E-state index is 0. The lowest BCUT2D eigenvalue weighted by Crippen LogP contribution is -2.39. The lowest BCUT2D eigenvalue weighted by Gasteiger charge is -2.24. The number of aliphatic imine (C=N–C) groups is 1. The van der Waals surface area contributed by atoms with Crippen LogP contribution in [-0.4, -0.2) is 56.7 Å². The number of benzene rings is 1. The summed E-state index contributed by atoms with van der Waals surface area (Å²) in [5.74, 6) is 1.69. The molecule has 6 nitrogen and oxygen atoms in total. The Balaban J connectivity index is 0.00000392. The van der Waals surface area contributed by atoms with Crippen LogP contribution in [0.4, 0.5) is 0 Å². The fourth-order valence-corrected chi connectivity index (χ4v) is 2.77. The molecule has 0 amide bonds. The smallest absolute Gasteiger partial charge is 0.191 e. The summed E-state index contributed by atoms with van der Waals surface area (Å²) < 4.78 is 5.25. The van der Waals surface area contributed by atoms with Gasteiger partial charge in [0.2, 0.25) is 0 Å². The Kier molecular flexibility index (Phi) is 11.5. The van der Waals surface area contributed by atoms with Gasteiger partial charge in [-0.25, -0.2) is 0 Å². The number of ether oxygens (including phenoxy) is 1. The van der Waals surface area contributed by atoms with Crippen molar-refractivity contribution in [2.45, 2.75) is 19.4 Å². The number of nitrogens with one attached hydrogen (secondary N) is 2. The molecule has 2 N–H and O–H groups in total. The Labute approximate surface area is 185 Å². The Hall–Kier alpha value is -1.87. The molecule has 28 heavy (non-hydrogen) atoms. The van der Waals surface area contributed by atoms with Crippen molar-refractivity contribution in [1.29, 1.82) is 0 Å². The molecule has 1 atom stereocenters. The number of pyridine rings is 1. The Bertz CT molecular complexity index is 692. The topological polar surface area (TPSA) is 61.8 Å². The molecule has 0 aliphatic rings. The van der Waals surface area contributed by atoms with Crippen LogP contribution >= 0.6 is 24.0 Å². The van der Waals surface area contributed by atoms with Crippen molar-refractivity contribution in [3.8, 4) is 5.75 Å². The van der Waals surface area contributed by atoms with E-state index in [-0.39, 0.29) is 30.0 Å². The molecule has 1 unspecified atom stereocenters. The highest BCUT2D eigenvalue weighted by atomic mass is 127. The normalized spacial score (nSPS) is 12.2. The van der Waals surface area contributed by atoms with Gasteiger partial charge in [0.25, 0.3) is 0 Å². The van der Waals surface area contributed by atoms with E-state index >= 15 is 0 Å². The Morgan fingerprint density at radius 3 is 2.46 bits per heavy atom. The minimum atomic E-state index is 0. The summed E-state index contributed by atoms with van der Waals surface area (Å²) in [4.78, 5) is 11.3. The number of aromatic nitrogens is 1. The van der Waals surface area contributed by atoms with E-state index in [9.17, 15) is 0 Å². The van der Waals surface area contributed by atoms with E-state index in [2.05, 4.69) is 53.7 Å². The number of hydrogen-bond donors (Lipinski definition) is 2. The molecule has 2 rings (SSSR count). The number of nitrogens with zero attached hydrogens (tertiary/aromatic N) is 3. The molecule has 1 aromatic carbocycles. The van der Waals surface area contributed by atoms with Gasteiger partial charge in [0.05, 0.1) is 19.7 Å². The monoisotopic (exact) mass is 497 g/mol. The summed E-state index contributed by atoms with van der Waals surface area (Å²) in [6.07, 6.45) is 2.69. The van der Waals surface area contributed by atoms with Gasteiger partial charge < -0.3 is 20.3 Å². The Morgan fingerprint density at radius 1 is 1.14 bits per heavy atom. The van der Waals surface area contributed by atoms with Gasteiger partial charge in [0.1, 0.15) is 5.75 Å². The number of likely N-dealkylation sites (N-methyl/N-ethyl adjacent to an activating group) is 1. The quantitative estimate of drug-likeness (QED) is 0.317. The van der Waals surface area contributed by atoms with Gasteiger partial charge in [-0.05, 0) is 50.8 Å². The van der Waals surface area contributed by atoms with Gasteiger partial charge >= 0.3 is 0 Å². The van der Waals surface area contributed by atoms with E-state index < -0.39 is 0 Å². The first-order valence-electron chi connectivity index (χ1n) is 9.36. The largest absolute Gasteiger partial charge is 0.497 e. The molecule has 0 radical (unpaired) electrons. The summed E-state index contributed by atoms with van der Waals surface area (Å²) >= 11 is 0. The highest BCUT2D eigenvalue weighted by Crippen LogP contribution is 2.21. The summed E-state index contributed by atoms with van der Waals surface area (Å²) in [6.45, 7) is 4.35. The van der Waals surface area contributed by atoms with Crippen molar-refractivity contribution in [3.05, 3.63) is 59.9 Å². The third kappa shape index (κ3) is 8.02. The van der Waals surface area contributed by atoms with Crippen LogP contribution in [0.3, 0.4) is 0 Å².